The maximum Gasteiger partial charge on any atom is -0.0101 e. The average molecular weight is 164 g/mol. The second kappa shape index (κ2) is 3.47. The van der Waals surface area contributed by atoms with Crippen LogP contribution in [0.25, 0.3) is 0 Å². The molecule has 0 saturated heterocycles. The molecule has 0 heterocycles. The van der Waals surface area contributed by atoms with E-state index in [4.69, 9.17) is 0 Å². The van der Waals surface area contributed by atoms with Crippen LogP contribution in [0.4, 0.5) is 0 Å². The lowest BCUT2D eigenvalue weighted by Gasteiger charge is -2.32. The highest BCUT2D eigenvalue weighted by atomic mass is 14.3. The van der Waals surface area contributed by atoms with E-state index in [9.17, 15) is 0 Å². The summed E-state index contributed by atoms with van der Waals surface area (Å²) in [6.07, 6.45) is 8.46. The fourth-order valence-electron chi connectivity index (χ4n) is 2.07. The zero-order valence-electron chi connectivity index (χ0n) is 8.78. The maximum atomic E-state index is 2.38. The van der Waals surface area contributed by atoms with Crippen LogP contribution in [-0.2, 0) is 0 Å². The van der Waals surface area contributed by atoms with Crippen LogP contribution in [-0.4, -0.2) is 0 Å². The molecule has 0 nitrogen and oxygen atoms in total. The molecule has 0 aliphatic heterocycles. The van der Waals surface area contributed by atoms with Crippen LogP contribution in [0, 0.1) is 5.41 Å². The third-order valence-corrected chi connectivity index (χ3v) is 2.78. The molecule has 1 aliphatic carbocycles. The molecule has 0 heteroatoms. The van der Waals surface area contributed by atoms with Crippen molar-refractivity contribution in [1.82, 2.24) is 0 Å². The molecule has 0 aromatic carbocycles. The minimum atomic E-state index is 0.412. The predicted molar refractivity (Wildman–Crippen MR) is 55.1 cm³/mol. The van der Waals surface area contributed by atoms with Crippen molar-refractivity contribution in [3.8, 4) is 0 Å². The monoisotopic (exact) mass is 164 g/mol. The highest BCUT2D eigenvalue weighted by molar-refractivity contribution is 5.36. The molecule has 0 radical (unpaired) electrons. The number of hydrogen-bond donors (Lipinski definition) is 0. The van der Waals surface area contributed by atoms with E-state index in [2.05, 4.69) is 39.8 Å². The largest absolute Gasteiger partial charge is 0.0813 e. The van der Waals surface area contributed by atoms with Crippen LogP contribution in [0.2, 0.25) is 0 Å². The summed E-state index contributed by atoms with van der Waals surface area (Å²) >= 11 is 0. The Hall–Kier alpha value is -0.520. The smallest absolute Gasteiger partial charge is 0.0101 e. The summed E-state index contributed by atoms with van der Waals surface area (Å²) in [4.78, 5) is 0. The molecule has 0 bridgehead atoms. The minimum Gasteiger partial charge on any atom is -0.0813 e. The van der Waals surface area contributed by atoms with E-state index in [1.165, 1.54) is 18.4 Å². The van der Waals surface area contributed by atoms with Gasteiger partial charge in [0.15, 0.2) is 0 Å². The van der Waals surface area contributed by atoms with E-state index < -0.39 is 0 Å². The van der Waals surface area contributed by atoms with Gasteiger partial charge < -0.3 is 0 Å². The molecular weight excluding hydrogens is 144 g/mol. The highest BCUT2D eigenvalue weighted by Crippen LogP contribution is 2.40. The Morgan fingerprint density at radius 2 is 2.17 bits per heavy atom. The second-order valence-electron chi connectivity index (χ2n) is 4.34. The molecule has 0 spiro atoms. The minimum absolute atomic E-state index is 0.412. The molecule has 12 heavy (non-hydrogen) atoms. The van der Waals surface area contributed by atoms with Gasteiger partial charge in [0.05, 0.1) is 0 Å². The molecule has 0 saturated carbocycles. The zero-order chi connectivity index (χ0) is 9.19. The first-order valence-corrected chi connectivity index (χ1v) is 4.95. The quantitative estimate of drug-likeness (QED) is 0.547. The van der Waals surface area contributed by atoms with E-state index in [-0.39, 0.29) is 0 Å². The van der Waals surface area contributed by atoms with Crippen LogP contribution in [0.3, 0.4) is 0 Å². The lowest BCUT2D eigenvalue weighted by molar-refractivity contribution is 0.403. The molecule has 0 unspecified atom stereocenters. The number of hydrogen-bond acceptors (Lipinski definition) is 0. The van der Waals surface area contributed by atoms with Crippen LogP contribution in [0.1, 0.15) is 47.0 Å². The van der Waals surface area contributed by atoms with E-state index in [1.54, 1.807) is 5.57 Å². The summed E-state index contributed by atoms with van der Waals surface area (Å²) < 4.78 is 0. The molecule has 0 amide bonds. The standard InChI is InChI=1S/C12H20/c1-5-7-11-10(2)8-6-9-12(11,3)4/h7-8H,5-6,9H2,1-4H3/b11-7+. The van der Waals surface area contributed by atoms with E-state index >= 15 is 0 Å². The van der Waals surface area contributed by atoms with Crippen molar-refractivity contribution in [2.24, 2.45) is 5.41 Å². The second-order valence-corrected chi connectivity index (χ2v) is 4.34. The zero-order valence-corrected chi connectivity index (χ0v) is 8.78. The van der Waals surface area contributed by atoms with Gasteiger partial charge in [0.2, 0.25) is 0 Å². The third kappa shape index (κ3) is 1.80. The summed E-state index contributed by atoms with van der Waals surface area (Å²) in [6, 6.07) is 0. The van der Waals surface area contributed by atoms with Crippen molar-refractivity contribution in [3.05, 3.63) is 23.3 Å². The summed E-state index contributed by atoms with van der Waals surface area (Å²) in [6.45, 7) is 9.16. The molecule has 0 fully saturated rings. The Morgan fingerprint density at radius 3 is 2.67 bits per heavy atom. The van der Waals surface area contributed by atoms with E-state index in [0.717, 1.165) is 6.42 Å². The molecule has 0 aromatic rings. The summed E-state index contributed by atoms with van der Waals surface area (Å²) in [7, 11) is 0. The van der Waals surface area contributed by atoms with Crippen LogP contribution >= 0.6 is 0 Å². The SMILES string of the molecule is CC/C=C1\C(C)=CCCC1(C)C. The Bertz CT molecular complexity index is 216. The van der Waals surface area contributed by atoms with Gasteiger partial charge in [0.25, 0.3) is 0 Å². The Balaban J connectivity index is 2.97. The third-order valence-electron chi connectivity index (χ3n) is 2.78. The lowest BCUT2D eigenvalue weighted by atomic mass is 9.73. The fraction of sp³-hybridized carbons (Fsp3) is 0.667. The first kappa shape index (κ1) is 9.57. The van der Waals surface area contributed by atoms with Gasteiger partial charge in [-0.15, -0.1) is 0 Å². The predicted octanol–water partition coefficient (Wildman–Crippen LogP) is 4.09. The van der Waals surface area contributed by atoms with Gasteiger partial charge in [-0.1, -0.05) is 38.5 Å². The highest BCUT2D eigenvalue weighted by Gasteiger charge is 2.25. The fourth-order valence-corrected chi connectivity index (χ4v) is 2.07. The van der Waals surface area contributed by atoms with Crippen molar-refractivity contribution in [1.29, 1.82) is 0 Å². The normalized spacial score (nSPS) is 25.7. The molecule has 0 N–H and O–H groups in total. The van der Waals surface area contributed by atoms with Crippen LogP contribution < -0.4 is 0 Å². The molecule has 68 valence electrons. The van der Waals surface area contributed by atoms with Gasteiger partial charge in [0.1, 0.15) is 0 Å². The van der Waals surface area contributed by atoms with Crippen molar-refractivity contribution < 1.29 is 0 Å². The summed E-state index contributed by atoms with van der Waals surface area (Å²) in [5, 5.41) is 0. The average Bonchev–Trinajstić information content (AvgIpc) is 1.97. The summed E-state index contributed by atoms with van der Waals surface area (Å²) in [5.41, 5.74) is 3.47. The van der Waals surface area contributed by atoms with E-state index in [0.29, 0.717) is 5.41 Å². The first-order chi connectivity index (χ1) is 5.58. The number of allylic oxidation sites excluding steroid dienone is 4. The Morgan fingerprint density at radius 1 is 1.50 bits per heavy atom. The first-order valence-electron chi connectivity index (χ1n) is 4.95. The van der Waals surface area contributed by atoms with E-state index in [1.807, 2.05) is 0 Å². The number of rotatable bonds is 1. The Kier molecular flexibility index (Phi) is 2.76. The van der Waals surface area contributed by atoms with Crippen molar-refractivity contribution >= 4 is 0 Å². The Labute approximate surface area is 76.4 Å². The molecule has 1 rings (SSSR count). The van der Waals surface area contributed by atoms with Gasteiger partial charge in [-0.3, -0.25) is 0 Å². The topological polar surface area (TPSA) is 0 Å². The van der Waals surface area contributed by atoms with Crippen molar-refractivity contribution in [2.75, 3.05) is 0 Å². The van der Waals surface area contributed by atoms with Gasteiger partial charge in [-0.25, -0.2) is 0 Å². The van der Waals surface area contributed by atoms with Gasteiger partial charge in [-0.05, 0) is 37.2 Å². The van der Waals surface area contributed by atoms with Crippen LogP contribution in [0.5, 0.6) is 0 Å². The molecule has 0 aromatic heterocycles. The summed E-state index contributed by atoms with van der Waals surface area (Å²) in [5.74, 6) is 0. The maximum absolute atomic E-state index is 2.38. The van der Waals surface area contributed by atoms with Crippen LogP contribution in [0.15, 0.2) is 23.3 Å². The van der Waals surface area contributed by atoms with Gasteiger partial charge in [-0.2, -0.15) is 0 Å². The van der Waals surface area contributed by atoms with Crippen molar-refractivity contribution in [2.45, 2.75) is 47.0 Å². The molecule has 0 atom stereocenters. The molecular formula is C12H20. The lowest BCUT2D eigenvalue weighted by Crippen LogP contribution is -2.18. The molecule has 1 aliphatic rings. The van der Waals surface area contributed by atoms with Gasteiger partial charge >= 0.3 is 0 Å². The van der Waals surface area contributed by atoms with Gasteiger partial charge in [0, 0.05) is 0 Å². The van der Waals surface area contributed by atoms with Crippen molar-refractivity contribution in [3.63, 3.8) is 0 Å².